The lowest BCUT2D eigenvalue weighted by Crippen LogP contribution is -2.37. The largest absolute Gasteiger partial charge is 0.304 e. The van der Waals surface area contributed by atoms with E-state index >= 15 is 0 Å². The molecule has 0 bridgehead atoms. The number of ketones is 1. The van der Waals surface area contributed by atoms with E-state index in [1.54, 1.807) is 24.3 Å². The first-order valence-electron chi connectivity index (χ1n) is 7.72. The SMILES string of the molecule is O=C(CN(C(=O)Cc1nc[nH]n1)c1ccc(F)cc1)c1ccc(Cl)cc1. The molecule has 132 valence electrons. The highest BCUT2D eigenvalue weighted by Gasteiger charge is 2.21. The van der Waals surface area contributed by atoms with Gasteiger partial charge in [0.15, 0.2) is 11.6 Å². The van der Waals surface area contributed by atoms with Crippen molar-refractivity contribution in [1.82, 2.24) is 15.2 Å². The van der Waals surface area contributed by atoms with E-state index in [1.807, 2.05) is 0 Å². The van der Waals surface area contributed by atoms with Crippen molar-refractivity contribution < 1.29 is 14.0 Å². The third-order valence-electron chi connectivity index (χ3n) is 3.68. The third-order valence-corrected chi connectivity index (χ3v) is 3.93. The molecule has 1 heterocycles. The van der Waals surface area contributed by atoms with E-state index in [1.165, 1.54) is 35.5 Å². The Labute approximate surface area is 153 Å². The van der Waals surface area contributed by atoms with Gasteiger partial charge < -0.3 is 4.90 Å². The van der Waals surface area contributed by atoms with Gasteiger partial charge in [-0.2, -0.15) is 5.10 Å². The fraction of sp³-hybridized carbons (Fsp3) is 0.111. The van der Waals surface area contributed by atoms with Crippen LogP contribution in [0.4, 0.5) is 10.1 Å². The summed E-state index contributed by atoms with van der Waals surface area (Å²) in [6.07, 6.45) is 1.28. The Morgan fingerprint density at radius 3 is 2.38 bits per heavy atom. The van der Waals surface area contributed by atoms with Crippen molar-refractivity contribution in [2.24, 2.45) is 0 Å². The molecule has 3 rings (SSSR count). The van der Waals surface area contributed by atoms with E-state index in [9.17, 15) is 14.0 Å². The van der Waals surface area contributed by atoms with Crippen LogP contribution in [-0.2, 0) is 11.2 Å². The third kappa shape index (κ3) is 4.31. The van der Waals surface area contributed by atoms with E-state index < -0.39 is 5.82 Å². The minimum Gasteiger partial charge on any atom is -0.304 e. The predicted molar refractivity (Wildman–Crippen MR) is 94.6 cm³/mol. The fourth-order valence-electron chi connectivity index (χ4n) is 2.37. The van der Waals surface area contributed by atoms with Crippen molar-refractivity contribution >= 4 is 29.0 Å². The molecule has 26 heavy (non-hydrogen) atoms. The molecule has 1 N–H and O–H groups in total. The Balaban J connectivity index is 1.84. The zero-order chi connectivity index (χ0) is 18.5. The lowest BCUT2D eigenvalue weighted by Gasteiger charge is -2.22. The van der Waals surface area contributed by atoms with Crippen molar-refractivity contribution in [3.8, 4) is 0 Å². The van der Waals surface area contributed by atoms with Crippen molar-refractivity contribution in [3.63, 3.8) is 0 Å². The fourth-order valence-corrected chi connectivity index (χ4v) is 2.49. The first-order valence-corrected chi connectivity index (χ1v) is 8.10. The molecule has 0 saturated heterocycles. The summed E-state index contributed by atoms with van der Waals surface area (Å²) in [5, 5.41) is 6.89. The number of carbonyl (C=O) groups excluding carboxylic acids is 2. The van der Waals surface area contributed by atoms with Gasteiger partial charge in [-0.25, -0.2) is 9.37 Å². The Kier molecular flexibility index (Phi) is 5.38. The number of benzene rings is 2. The molecule has 0 unspecified atom stereocenters. The summed E-state index contributed by atoms with van der Waals surface area (Å²) in [7, 11) is 0. The number of H-pyrrole nitrogens is 1. The average molecular weight is 373 g/mol. The molecule has 1 aromatic heterocycles. The van der Waals surface area contributed by atoms with E-state index in [0.29, 0.717) is 22.1 Å². The standard InChI is InChI=1S/C18H14ClFN4O2/c19-13-3-1-12(2-4-13)16(25)10-24(15-7-5-14(20)6-8-15)18(26)9-17-21-11-22-23-17/h1-8,11H,9-10H2,(H,21,22,23). The first-order chi connectivity index (χ1) is 12.5. The van der Waals surface area contributed by atoms with E-state index in [0.717, 1.165) is 0 Å². The molecule has 0 fully saturated rings. The van der Waals surface area contributed by atoms with Crippen LogP contribution in [0, 0.1) is 5.82 Å². The van der Waals surface area contributed by atoms with Gasteiger partial charge in [-0.15, -0.1) is 0 Å². The van der Waals surface area contributed by atoms with Gasteiger partial charge in [0.25, 0.3) is 0 Å². The summed E-state index contributed by atoms with van der Waals surface area (Å²) in [6.45, 7) is -0.198. The normalized spacial score (nSPS) is 10.5. The smallest absolute Gasteiger partial charge is 0.235 e. The van der Waals surface area contributed by atoms with Gasteiger partial charge in [0.2, 0.25) is 5.91 Å². The quantitative estimate of drug-likeness (QED) is 0.674. The van der Waals surface area contributed by atoms with Crippen LogP contribution < -0.4 is 4.90 Å². The predicted octanol–water partition coefficient (Wildman–Crippen LogP) is 3.06. The van der Waals surface area contributed by atoms with Gasteiger partial charge in [0.05, 0.1) is 13.0 Å². The minimum atomic E-state index is -0.431. The van der Waals surface area contributed by atoms with Crippen molar-refractivity contribution in [3.05, 3.63) is 77.1 Å². The Morgan fingerprint density at radius 1 is 1.08 bits per heavy atom. The molecular formula is C18H14ClFN4O2. The number of anilines is 1. The second kappa shape index (κ2) is 7.88. The Morgan fingerprint density at radius 2 is 1.77 bits per heavy atom. The Hall–Kier alpha value is -3.06. The van der Waals surface area contributed by atoms with Gasteiger partial charge in [-0.05, 0) is 48.5 Å². The lowest BCUT2D eigenvalue weighted by atomic mass is 10.1. The Bertz CT molecular complexity index is 896. The van der Waals surface area contributed by atoms with Crippen LogP contribution in [0.1, 0.15) is 16.2 Å². The van der Waals surface area contributed by atoms with E-state index in [-0.39, 0.29) is 24.7 Å². The molecule has 0 spiro atoms. The molecule has 8 heteroatoms. The number of halogens is 2. The van der Waals surface area contributed by atoms with Crippen molar-refractivity contribution in [1.29, 1.82) is 0 Å². The van der Waals surface area contributed by atoms with Crippen LogP contribution in [0.25, 0.3) is 0 Å². The molecule has 0 atom stereocenters. The number of nitrogens with one attached hydrogen (secondary N) is 1. The molecule has 0 aliphatic heterocycles. The molecule has 1 amide bonds. The molecule has 0 aliphatic carbocycles. The first kappa shape index (κ1) is 17.8. The zero-order valence-corrected chi connectivity index (χ0v) is 14.3. The summed E-state index contributed by atoms with van der Waals surface area (Å²) in [4.78, 5) is 30.5. The number of nitrogens with zero attached hydrogens (tertiary/aromatic N) is 3. The molecule has 3 aromatic rings. The van der Waals surface area contributed by atoms with Crippen LogP contribution in [0.3, 0.4) is 0 Å². The van der Waals surface area contributed by atoms with Crippen molar-refractivity contribution in [2.75, 3.05) is 11.4 Å². The number of aromatic nitrogens is 3. The monoisotopic (exact) mass is 372 g/mol. The minimum absolute atomic E-state index is 0.0885. The molecular weight excluding hydrogens is 359 g/mol. The van der Waals surface area contributed by atoms with Crippen molar-refractivity contribution in [2.45, 2.75) is 6.42 Å². The van der Waals surface area contributed by atoms with Crippen LogP contribution in [0.2, 0.25) is 5.02 Å². The summed E-state index contributed by atoms with van der Waals surface area (Å²) < 4.78 is 13.2. The lowest BCUT2D eigenvalue weighted by molar-refractivity contribution is -0.118. The van der Waals surface area contributed by atoms with E-state index in [2.05, 4.69) is 15.2 Å². The molecule has 0 saturated carbocycles. The molecule has 6 nitrogen and oxygen atoms in total. The highest BCUT2D eigenvalue weighted by Crippen LogP contribution is 2.18. The second-order valence-electron chi connectivity index (χ2n) is 5.48. The maximum absolute atomic E-state index is 13.2. The molecule has 0 radical (unpaired) electrons. The number of hydrogen-bond acceptors (Lipinski definition) is 4. The maximum atomic E-state index is 13.2. The number of carbonyl (C=O) groups is 2. The average Bonchev–Trinajstić information content (AvgIpc) is 3.14. The molecule has 2 aromatic carbocycles. The number of rotatable bonds is 6. The molecule has 0 aliphatic rings. The second-order valence-corrected chi connectivity index (χ2v) is 5.91. The summed E-state index contributed by atoms with van der Waals surface area (Å²) in [6, 6.07) is 11.7. The number of hydrogen-bond donors (Lipinski definition) is 1. The van der Waals surface area contributed by atoms with E-state index in [4.69, 9.17) is 11.6 Å². The summed E-state index contributed by atoms with van der Waals surface area (Å²) in [5.74, 6) is -0.770. The topological polar surface area (TPSA) is 79.0 Å². The summed E-state index contributed by atoms with van der Waals surface area (Å²) >= 11 is 5.83. The van der Waals surface area contributed by atoms with Gasteiger partial charge >= 0.3 is 0 Å². The number of amides is 1. The van der Waals surface area contributed by atoms with Gasteiger partial charge in [-0.3, -0.25) is 14.7 Å². The highest BCUT2D eigenvalue weighted by molar-refractivity contribution is 6.30. The number of aromatic amines is 1. The summed E-state index contributed by atoms with van der Waals surface area (Å²) in [5.41, 5.74) is 0.835. The van der Waals surface area contributed by atoms with Crippen LogP contribution in [0.5, 0.6) is 0 Å². The van der Waals surface area contributed by atoms with Crippen LogP contribution >= 0.6 is 11.6 Å². The zero-order valence-electron chi connectivity index (χ0n) is 13.5. The highest BCUT2D eigenvalue weighted by atomic mass is 35.5. The number of Topliss-reactive ketones (excluding diaryl/α,β-unsaturated/α-hetero) is 1. The van der Waals surface area contributed by atoms with Gasteiger partial charge in [-0.1, -0.05) is 11.6 Å². The maximum Gasteiger partial charge on any atom is 0.235 e. The van der Waals surface area contributed by atoms with Gasteiger partial charge in [0.1, 0.15) is 12.1 Å². The van der Waals surface area contributed by atoms with Gasteiger partial charge in [0, 0.05) is 16.3 Å². The van der Waals surface area contributed by atoms with Crippen LogP contribution in [-0.4, -0.2) is 33.4 Å². The van der Waals surface area contributed by atoms with Crippen LogP contribution in [0.15, 0.2) is 54.9 Å².